The highest BCUT2D eigenvalue weighted by molar-refractivity contribution is 7.10. The Balaban J connectivity index is 2.24. The Morgan fingerprint density at radius 2 is 1.93 bits per heavy atom. The van der Waals surface area contributed by atoms with Gasteiger partial charge >= 0.3 is 6.18 Å². The Bertz CT molecular complexity index is 326. The summed E-state index contributed by atoms with van der Waals surface area (Å²) in [6, 6.07) is 1.63. The largest absolute Gasteiger partial charge is 0.425 e. The Labute approximate surface area is 90.3 Å². The molecular formula is C10H12F3NS. The minimum atomic E-state index is -4.19. The lowest BCUT2D eigenvalue weighted by molar-refractivity contribution is -0.135. The van der Waals surface area contributed by atoms with Crippen molar-refractivity contribution in [1.29, 1.82) is 0 Å². The molecule has 0 bridgehead atoms. The minimum Gasteiger partial charge on any atom is -0.317 e. The second-order valence-corrected chi connectivity index (χ2v) is 4.64. The van der Waals surface area contributed by atoms with Crippen LogP contribution in [0.4, 0.5) is 13.2 Å². The summed E-state index contributed by atoms with van der Waals surface area (Å²) in [5.74, 6) is 0.0779. The van der Waals surface area contributed by atoms with Crippen molar-refractivity contribution in [2.75, 3.05) is 13.1 Å². The predicted octanol–water partition coefficient (Wildman–Crippen LogP) is 3.23. The number of alkyl halides is 3. The van der Waals surface area contributed by atoms with Gasteiger partial charge in [0.25, 0.3) is 0 Å². The second kappa shape index (κ2) is 4.14. The summed E-state index contributed by atoms with van der Waals surface area (Å²) in [6.45, 7) is 1.63. The van der Waals surface area contributed by atoms with E-state index in [4.69, 9.17) is 0 Å². The lowest BCUT2D eigenvalue weighted by Crippen LogP contribution is -2.27. The standard InChI is InChI=1S/C10H12F3NS/c11-10(12,13)9-8(3-6-15-9)7-1-4-14-5-2-7/h3,6-7,14H,1-2,4-5H2. The smallest absolute Gasteiger partial charge is 0.317 e. The topological polar surface area (TPSA) is 12.0 Å². The van der Waals surface area contributed by atoms with Crippen LogP contribution in [-0.4, -0.2) is 13.1 Å². The van der Waals surface area contributed by atoms with Crippen LogP contribution in [0.3, 0.4) is 0 Å². The van der Waals surface area contributed by atoms with E-state index in [0.29, 0.717) is 5.56 Å². The zero-order valence-electron chi connectivity index (χ0n) is 8.10. The minimum absolute atomic E-state index is 0.0779. The van der Waals surface area contributed by atoms with Crippen molar-refractivity contribution in [3.63, 3.8) is 0 Å². The molecular weight excluding hydrogens is 223 g/mol. The Morgan fingerprint density at radius 1 is 1.27 bits per heavy atom. The van der Waals surface area contributed by atoms with Gasteiger partial charge in [-0.1, -0.05) is 0 Å². The summed E-state index contributed by atoms with van der Waals surface area (Å²) in [6.07, 6.45) is -2.58. The molecule has 0 amide bonds. The Hall–Kier alpha value is -0.550. The monoisotopic (exact) mass is 235 g/mol. The van der Waals surface area contributed by atoms with Crippen LogP contribution < -0.4 is 5.32 Å². The van der Waals surface area contributed by atoms with Crippen LogP contribution >= 0.6 is 11.3 Å². The van der Waals surface area contributed by atoms with Gasteiger partial charge < -0.3 is 5.32 Å². The third kappa shape index (κ3) is 2.34. The van der Waals surface area contributed by atoms with Gasteiger partial charge in [0.2, 0.25) is 0 Å². The van der Waals surface area contributed by atoms with Gasteiger partial charge in [-0.25, -0.2) is 0 Å². The van der Waals surface area contributed by atoms with Gasteiger partial charge in [0, 0.05) is 0 Å². The maximum Gasteiger partial charge on any atom is 0.425 e. The Kier molecular flexibility index (Phi) is 3.02. The summed E-state index contributed by atoms with van der Waals surface area (Å²) in [5.41, 5.74) is 0.494. The molecule has 0 atom stereocenters. The van der Waals surface area contributed by atoms with Crippen molar-refractivity contribution in [1.82, 2.24) is 5.32 Å². The molecule has 1 N–H and O–H groups in total. The van der Waals surface area contributed by atoms with E-state index in [-0.39, 0.29) is 5.92 Å². The zero-order valence-corrected chi connectivity index (χ0v) is 8.92. The molecule has 1 fully saturated rings. The summed E-state index contributed by atoms with van der Waals surface area (Å²) < 4.78 is 37.9. The number of hydrogen-bond donors (Lipinski definition) is 1. The maximum atomic E-state index is 12.6. The van der Waals surface area contributed by atoms with Crippen LogP contribution in [0, 0.1) is 0 Å². The van der Waals surface area contributed by atoms with Crippen molar-refractivity contribution in [2.45, 2.75) is 24.9 Å². The van der Waals surface area contributed by atoms with Crippen molar-refractivity contribution in [2.24, 2.45) is 0 Å². The SMILES string of the molecule is FC(F)(F)c1sccc1C1CCNCC1. The van der Waals surface area contributed by atoms with Gasteiger partial charge in [-0.2, -0.15) is 13.2 Å². The molecule has 0 spiro atoms. The van der Waals surface area contributed by atoms with E-state index in [1.807, 2.05) is 0 Å². The van der Waals surface area contributed by atoms with Crippen molar-refractivity contribution >= 4 is 11.3 Å². The maximum absolute atomic E-state index is 12.6. The summed E-state index contributed by atoms with van der Waals surface area (Å²) in [7, 11) is 0. The summed E-state index contributed by atoms with van der Waals surface area (Å²) >= 11 is 0.805. The van der Waals surface area contributed by atoms with Gasteiger partial charge in [0.1, 0.15) is 4.88 Å². The molecule has 0 aromatic carbocycles. The van der Waals surface area contributed by atoms with Crippen molar-refractivity contribution < 1.29 is 13.2 Å². The predicted molar refractivity (Wildman–Crippen MR) is 54.2 cm³/mol. The van der Waals surface area contributed by atoms with E-state index in [1.54, 1.807) is 11.4 Å². The summed E-state index contributed by atoms with van der Waals surface area (Å²) in [5, 5.41) is 4.70. The highest BCUT2D eigenvalue weighted by Crippen LogP contribution is 2.41. The van der Waals surface area contributed by atoms with Gasteiger partial charge in [0.05, 0.1) is 0 Å². The molecule has 0 unspecified atom stereocenters. The van der Waals surface area contributed by atoms with Crippen molar-refractivity contribution in [3.05, 3.63) is 21.9 Å². The lowest BCUT2D eigenvalue weighted by Gasteiger charge is -2.23. The van der Waals surface area contributed by atoms with E-state index in [1.165, 1.54) is 0 Å². The molecule has 1 aliphatic heterocycles. The molecule has 5 heteroatoms. The van der Waals surface area contributed by atoms with Gasteiger partial charge in [-0.05, 0) is 48.9 Å². The van der Waals surface area contributed by atoms with Crippen LogP contribution in [0.1, 0.15) is 29.2 Å². The van der Waals surface area contributed by atoms with Crippen LogP contribution in [0.5, 0.6) is 0 Å². The molecule has 0 aliphatic carbocycles. The molecule has 0 saturated carbocycles. The lowest BCUT2D eigenvalue weighted by atomic mass is 9.90. The molecule has 1 saturated heterocycles. The zero-order chi connectivity index (χ0) is 10.9. The number of piperidine rings is 1. The first-order valence-corrected chi connectivity index (χ1v) is 5.82. The van der Waals surface area contributed by atoms with Gasteiger partial charge in [-0.15, -0.1) is 11.3 Å². The summed E-state index contributed by atoms with van der Waals surface area (Å²) in [4.78, 5) is -0.408. The molecule has 84 valence electrons. The Morgan fingerprint density at radius 3 is 2.53 bits per heavy atom. The average Bonchev–Trinajstić information content (AvgIpc) is 2.67. The molecule has 1 nitrogen and oxygen atoms in total. The van der Waals surface area contributed by atoms with Crippen LogP contribution in [0.2, 0.25) is 0 Å². The first-order chi connectivity index (χ1) is 7.09. The number of hydrogen-bond acceptors (Lipinski definition) is 2. The van der Waals surface area contributed by atoms with Crippen LogP contribution in [0.15, 0.2) is 11.4 Å². The van der Waals surface area contributed by atoms with E-state index < -0.39 is 11.1 Å². The van der Waals surface area contributed by atoms with Crippen LogP contribution in [-0.2, 0) is 6.18 Å². The first-order valence-electron chi connectivity index (χ1n) is 4.94. The first kappa shape index (κ1) is 11.0. The highest BCUT2D eigenvalue weighted by Gasteiger charge is 2.36. The fourth-order valence-corrected chi connectivity index (χ4v) is 2.86. The van der Waals surface area contributed by atoms with Crippen molar-refractivity contribution in [3.8, 4) is 0 Å². The van der Waals surface area contributed by atoms with E-state index >= 15 is 0 Å². The molecule has 0 radical (unpaired) electrons. The van der Waals surface area contributed by atoms with Gasteiger partial charge in [0.15, 0.2) is 0 Å². The quantitative estimate of drug-likeness (QED) is 0.788. The number of halogens is 3. The average molecular weight is 235 g/mol. The van der Waals surface area contributed by atoms with E-state index in [0.717, 1.165) is 37.3 Å². The number of rotatable bonds is 1. The number of nitrogens with one attached hydrogen (secondary N) is 1. The van der Waals surface area contributed by atoms with Gasteiger partial charge in [-0.3, -0.25) is 0 Å². The molecule has 2 heterocycles. The fraction of sp³-hybridized carbons (Fsp3) is 0.600. The fourth-order valence-electron chi connectivity index (χ4n) is 2.00. The normalized spacial score (nSPS) is 19.4. The molecule has 2 rings (SSSR count). The molecule has 1 aromatic rings. The third-order valence-corrected chi connectivity index (χ3v) is 3.71. The molecule has 15 heavy (non-hydrogen) atoms. The van der Waals surface area contributed by atoms with E-state index in [2.05, 4.69) is 5.32 Å². The molecule has 1 aromatic heterocycles. The highest BCUT2D eigenvalue weighted by atomic mass is 32.1. The number of thiophene rings is 1. The molecule has 1 aliphatic rings. The van der Waals surface area contributed by atoms with Crippen LogP contribution in [0.25, 0.3) is 0 Å². The third-order valence-electron chi connectivity index (χ3n) is 2.73. The second-order valence-electron chi connectivity index (χ2n) is 3.73. The van der Waals surface area contributed by atoms with E-state index in [9.17, 15) is 13.2 Å².